The number of thiocarbonyl (C=S) groups is 1. The third-order valence-corrected chi connectivity index (χ3v) is 5.58. The topological polar surface area (TPSA) is 56.1 Å². The summed E-state index contributed by atoms with van der Waals surface area (Å²) in [7, 11) is 1.57. The molecule has 140 valence electrons. The average Bonchev–Trinajstić information content (AvgIpc) is 3.25. The molecule has 1 aliphatic rings. The molecular weight excluding hydrogens is 414 g/mol. The van der Waals surface area contributed by atoms with Crippen LogP contribution in [0.25, 0.3) is 23.0 Å². The van der Waals surface area contributed by atoms with Crippen molar-refractivity contribution in [3.05, 3.63) is 70.2 Å². The van der Waals surface area contributed by atoms with Crippen LogP contribution in [0.2, 0.25) is 5.02 Å². The van der Waals surface area contributed by atoms with Gasteiger partial charge in [0, 0.05) is 17.3 Å². The number of hydrogen-bond donors (Lipinski definition) is 1. The minimum Gasteiger partial charge on any atom is -0.495 e. The number of benzene rings is 2. The second-order valence-electron chi connectivity index (χ2n) is 5.91. The molecular formula is C20H14ClN3O2S2. The van der Waals surface area contributed by atoms with Gasteiger partial charge in [0.1, 0.15) is 15.8 Å². The van der Waals surface area contributed by atoms with E-state index in [0.29, 0.717) is 25.7 Å². The summed E-state index contributed by atoms with van der Waals surface area (Å²) >= 11 is 12.6. The summed E-state index contributed by atoms with van der Waals surface area (Å²) in [6, 6.07) is 15.2. The van der Waals surface area contributed by atoms with Crippen molar-refractivity contribution >= 4 is 51.9 Å². The number of aromatic nitrogens is 2. The van der Waals surface area contributed by atoms with E-state index in [4.69, 9.17) is 33.7 Å². The number of thioether (sulfide) groups is 1. The highest BCUT2D eigenvalue weighted by Gasteiger charge is 2.23. The van der Waals surface area contributed by atoms with Crippen LogP contribution in [0, 0.1) is 0 Å². The first kappa shape index (κ1) is 18.7. The van der Waals surface area contributed by atoms with Gasteiger partial charge in [-0.2, -0.15) is 5.10 Å². The largest absolute Gasteiger partial charge is 0.495 e. The fraction of sp³-hybridized carbons (Fsp3) is 0.0500. The number of nitrogens with zero attached hydrogens (tertiary/aromatic N) is 2. The molecule has 1 saturated heterocycles. The van der Waals surface area contributed by atoms with Crippen molar-refractivity contribution in [1.29, 1.82) is 0 Å². The lowest BCUT2D eigenvalue weighted by Gasteiger charge is -2.05. The molecule has 1 N–H and O–H groups in total. The maximum absolute atomic E-state index is 12.1. The van der Waals surface area contributed by atoms with Gasteiger partial charge in [-0.05, 0) is 36.4 Å². The third kappa shape index (κ3) is 3.69. The quantitative estimate of drug-likeness (QED) is 0.483. The summed E-state index contributed by atoms with van der Waals surface area (Å²) in [6.07, 6.45) is 3.67. The molecule has 1 fully saturated rings. The highest BCUT2D eigenvalue weighted by Crippen LogP contribution is 2.34. The average molecular weight is 428 g/mol. The predicted molar refractivity (Wildman–Crippen MR) is 117 cm³/mol. The summed E-state index contributed by atoms with van der Waals surface area (Å²) in [5.41, 5.74) is 3.21. The Labute approximate surface area is 176 Å². The van der Waals surface area contributed by atoms with Crippen LogP contribution in [-0.4, -0.2) is 27.1 Å². The van der Waals surface area contributed by atoms with Crippen molar-refractivity contribution < 1.29 is 9.53 Å². The van der Waals surface area contributed by atoms with E-state index in [9.17, 15) is 4.79 Å². The molecule has 2 aromatic carbocycles. The summed E-state index contributed by atoms with van der Waals surface area (Å²) in [5, 5.41) is 7.85. The summed E-state index contributed by atoms with van der Waals surface area (Å²) in [4.78, 5) is 12.6. The highest BCUT2D eigenvalue weighted by atomic mass is 35.5. The molecule has 0 radical (unpaired) electrons. The fourth-order valence-electron chi connectivity index (χ4n) is 2.81. The van der Waals surface area contributed by atoms with E-state index in [2.05, 4.69) is 5.32 Å². The Bertz CT molecular complexity index is 1110. The maximum atomic E-state index is 12.1. The molecule has 1 aromatic heterocycles. The number of halogens is 1. The van der Waals surface area contributed by atoms with Crippen LogP contribution in [0.3, 0.4) is 0 Å². The van der Waals surface area contributed by atoms with Gasteiger partial charge < -0.3 is 10.1 Å². The number of rotatable bonds is 4. The van der Waals surface area contributed by atoms with Gasteiger partial charge in [-0.3, -0.25) is 4.79 Å². The van der Waals surface area contributed by atoms with Crippen LogP contribution in [0.1, 0.15) is 5.56 Å². The Morgan fingerprint density at radius 3 is 2.68 bits per heavy atom. The van der Waals surface area contributed by atoms with E-state index >= 15 is 0 Å². The van der Waals surface area contributed by atoms with Crippen LogP contribution in [0.5, 0.6) is 5.75 Å². The van der Waals surface area contributed by atoms with Gasteiger partial charge in [0.05, 0.1) is 22.7 Å². The predicted octanol–water partition coefficient (Wildman–Crippen LogP) is 4.69. The monoisotopic (exact) mass is 427 g/mol. The molecule has 1 amide bonds. The number of carbonyl (C=O) groups is 1. The summed E-state index contributed by atoms with van der Waals surface area (Å²) in [6.45, 7) is 0. The van der Waals surface area contributed by atoms with Gasteiger partial charge >= 0.3 is 0 Å². The Kier molecular flexibility index (Phi) is 5.21. The van der Waals surface area contributed by atoms with Crippen molar-refractivity contribution in [3.63, 3.8) is 0 Å². The van der Waals surface area contributed by atoms with Gasteiger partial charge in [-0.25, -0.2) is 4.68 Å². The van der Waals surface area contributed by atoms with E-state index < -0.39 is 0 Å². The maximum Gasteiger partial charge on any atom is 0.263 e. The number of para-hydroxylation sites is 1. The molecule has 8 heteroatoms. The first-order chi connectivity index (χ1) is 13.5. The zero-order valence-corrected chi connectivity index (χ0v) is 17.1. The van der Waals surface area contributed by atoms with E-state index in [-0.39, 0.29) is 5.91 Å². The van der Waals surface area contributed by atoms with E-state index in [0.717, 1.165) is 16.8 Å². The van der Waals surface area contributed by atoms with Crippen molar-refractivity contribution in [2.75, 3.05) is 7.11 Å². The van der Waals surface area contributed by atoms with Gasteiger partial charge in [0.15, 0.2) is 0 Å². The van der Waals surface area contributed by atoms with Crippen LogP contribution < -0.4 is 10.1 Å². The van der Waals surface area contributed by atoms with Crippen molar-refractivity contribution in [3.8, 4) is 22.7 Å². The zero-order chi connectivity index (χ0) is 19.7. The molecule has 5 nitrogen and oxygen atoms in total. The SMILES string of the molecule is COc1ccc(-c2nn(-c3ccccc3)cc2/C=C2\SC(=S)NC2=O)cc1Cl. The standard InChI is InChI=1S/C20H14ClN3O2S2/c1-26-16-8-7-12(9-15(16)21)18-13(10-17-19(25)22-20(27)28-17)11-24(23-18)14-5-3-2-4-6-14/h2-11H,1H3,(H,22,25,27)/b17-10-. The number of carbonyl (C=O) groups excluding carboxylic acids is 1. The lowest BCUT2D eigenvalue weighted by molar-refractivity contribution is -0.115. The Hall–Kier alpha value is -2.61. The van der Waals surface area contributed by atoms with Gasteiger partial charge in [0.25, 0.3) is 5.91 Å². The van der Waals surface area contributed by atoms with Gasteiger partial charge in [-0.1, -0.05) is 53.8 Å². The molecule has 0 aliphatic carbocycles. The zero-order valence-electron chi connectivity index (χ0n) is 14.7. The minimum absolute atomic E-state index is 0.207. The smallest absolute Gasteiger partial charge is 0.263 e. The van der Waals surface area contributed by atoms with Crippen molar-refractivity contribution in [1.82, 2.24) is 15.1 Å². The lowest BCUT2D eigenvalue weighted by Crippen LogP contribution is -2.17. The minimum atomic E-state index is -0.207. The molecule has 0 unspecified atom stereocenters. The van der Waals surface area contributed by atoms with Crippen LogP contribution in [0.4, 0.5) is 0 Å². The fourth-order valence-corrected chi connectivity index (χ4v) is 4.10. The number of amides is 1. The normalized spacial score (nSPS) is 15.1. The lowest BCUT2D eigenvalue weighted by atomic mass is 10.1. The number of nitrogens with one attached hydrogen (secondary N) is 1. The van der Waals surface area contributed by atoms with Gasteiger partial charge in [-0.15, -0.1) is 0 Å². The second-order valence-corrected chi connectivity index (χ2v) is 8.04. The van der Waals surface area contributed by atoms with Crippen molar-refractivity contribution in [2.24, 2.45) is 0 Å². The molecule has 1 aliphatic heterocycles. The molecule has 0 saturated carbocycles. The first-order valence-electron chi connectivity index (χ1n) is 8.29. The van der Waals surface area contributed by atoms with E-state index in [1.807, 2.05) is 42.6 Å². The Balaban J connectivity index is 1.85. The number of methoxy groups -OCH3 is 1. The Morgan fingerprint density at radius 1 is 1.25 bits per heavy atom. The second kappa shape index (κ2) is 7.79. The number of ether oxygens (including phenoxy) is 1. The van der Waals surface area contributed by atoms with E-state index in [1.165, 1.54) is 11.8 Å². The van der Waals surface area contributed by atoms with Gasteiger partial charge in [0.2, 0.25) is 0 Å². The molecule has 0 bridgehead atoms. The van der Waals surface area contributed by atoms with Crippen molar-refractivity contribution in [2.45, 2.75) is 0 Å². The van der Waals surface area contributed by atoms with Crippen LogP contribution in [0.15, 0.2) is 59.6 Å². The van der Waals surface area contributed by atoms with Crippen LogP contribution >= 0.6 is 35.6 Å². The Morgan fingerprint density at radius 2 is 2.04 bits per heavy atom. The molecule has 0 atom stereocenters. The summed E-state index contributed by atoms with van der Waals surface area (Å²) in [5.74, 6) is 0.380. The molecule has 28 heavy (non-hydrogen) atoms. The first-order valence-corrected chi connectivity index (χ1v) is 9.89. The molecule has 3 aromatic rings. The number of hydrogen-bond acceptors (Lipinski definition) is 5. The van der Waals surface area contributed by atoms with E-state index in [1.54, 1.807) is 30.0 Å². The van der Waals surface area contributed by atoms with Crippen LogP contribution in [-0.2, 0) is 4.79 Å². The summed E-state index contributed by atoms with van der Waals surface area (Å²) < 4.78 is 7.45. The molecule has 2 heterocycles. The highest BCUT2D eigenvalue weighted by molar-refractivity contribution is 8.26. The molecule has 0 spiro atoms. The third-order valence-electron chi connectivity index (χ3n) is 4.12. The molecule has 4 rings (SSSR count).